The van der Waals surface area contributed by atoms with Crippen molar-refractivity contribution in [3.8, 4) is 0 Å². The van der Waals surface area contributed by atoms with E-state index in [2.05, 4.69) is 4.98 Å². The van der Waals surface area contributed by atoms with Crippen LogP contribution in [0, 0.1) is 5.92 Å². The second-order valence-corrected chi connectivity index (χ2v) is 3.52. The Kier molecular flexibility index (Phi) is 4.24. The van der Waals surface area contributed by atoms with Crippen LogP contribution in [-0.2, 0) is 0 Å². The summed E-state index contributed by atoms with van der Waals surface area (Å²) >= 11 is 0. The number of carbonyl (C=O) groups excluding carboxylic acids is 1. The van der Waals surface area contributed by atoms with Crippen molar-refractivity contribution in [1.82, 2.24) is 4.98 Å². The number of anilines is 1. The number of ketones is 1. The summed E-state index contributed by atoms with van der Waals surface area (Å²) < 4.78 is 0. The van der Waals surface area contributed by atoms with E-state index in [1.807, 2.05) is 6.92 Å². The fourth-order valence-corrected chi connectivity index (χ4v) is 1.55. The van der Waals surface area contributed by atoms with Crippen molar-refractivity contribution < 1.29 is 4.79 Å². The number of nitrogens with zero attached hydrogens (tertiary/aromatic N) is 1. The molecule has 15 heavy (non-hydrogen) atoms. The van der Waals surface area contributed by atoms with E-state index in [0.29, 0.717) is 12.1 Å². The monoisotopic (exact) mass is 207 g/mol. The maximum atomic E-state index is 12.0. The molecule has 0 spiro atoms. The van der Waals surface area contributed by atoms with Crippen LogP contribution < -0.4 is 11.5 Å². The zero-order chi connectivity index (χ0) is 11.3. The summed E-state index contributed by atoms with van der Waals surface area (Å²) in [4.78, 5) is 15.9. The molecule has 1 atom stereocenters. The van der Waals surface area contributed by atoms with Crippen molar-refractivity contribution in [2.45, 2.75) is 19.8 Å². The number of rotatable bonds is 5. The van der Waals surface area contributed by atoms with Crippen LogP contribution in [0.5, 0.6) is 0 Å². The number of pyridine rings is 1. The van der Waals surface area contributed by atoms with Crippen LogP contribution >= 0.6 is 0 Å². The number of hydrogen-bond donors (Lipinski definition) is 2. The van der Waals surface area contributed by atoms with E-state index in [-0.39, 0.29) is 17.5 Å². The van der Waals surface area contributed by atoms with Crippen LogP contribution in [-0.4, -0.2) is 17.3 Å². The molecule has 0 bridgehead atoms. The van der Waals surface area contributed by atoms with Crippen molar-refractivity contribution in [2.75, 3.05) is 12.3 Å². The SMILES string of the molecule is CCCC(CN)C(=O)c1cccnc1N. The normalized spacial score (nSPS) is 12.4. The molecule has 82 valence electrons. The van der Waals surface area contributed by atoms with Gasteiger partial charge in [0.15, 0.2) is 5.78 Å². The van der Waals surface area contributed by atoms with Gasteiger partial charge >= 0.3 is 0 Å². The van der Waals surface area contributed by atoms with E-state index in [1.165, 1.54) is 0 Å². The molecule has 1 aromatic rings. The molecule has 0 radical (unpaired) electrons. The average Bonchev–Trinajstić information content (AvgIpc) is 2.25. The third kappa shape index (κ3) is 2.76. The van der Waals surface area contributed by atoms with Crippen LogP contribution in [0.15, 0.2) is 18.3 Å². The number of nitrogens with two attached hydrogens (primary N) is 2. The molecule has 4 nitrogen and oxygen atoms in total. The largest absolute Gasteiger partial charge is 0.383 e. The molecule has 0 aromatic carbocycles. The molecule has 1 rings (SSSR count). The van der Waals surface area contributed by atoms with E-state index in [9.17, 15) is 4.79 Å². The number of aromatic nitrogens is 1. The summed E-state index contributed by atoms with van der Waals surface area (Å²) in [6, 6.07) is 3.41. The van der Waals surface area contributed by atoms with Crippen LogP contribution in [0.3, 0.4) is 0 Å². The van der Waals surface area contributed by atoms with Gasteiger partial charge in [0.1, 0.15) is 5.82 Å². The highest BCUT2D eigenvalue weighted by atomic mass is 16.1. The summed E-state index contributed by atoms with van der Waals surface area (Å²) in [7, 11) is 0. The molecule has 1 unspecified atom stereocenters. The van der Waals surface area contributed by atoms with Gasteiger partial charge in [0.05, 0.1) is 5.56 Å². The lowest BCUT2D eigenvalue weighted by atomic mass is 9.94. The fraction of sp³-hybridized carbons (Fsp3) is 0.455. The fourth-order valence-electron chi connectivity index (χ4n) is 1.55. The van der Waals surface area contributed by atoms with E-state index in [1.54, 1.807) is 18.3 Å². The second kappa shape index (κ2) is 5.46. The Morgan fingerprint density at radius 2 is 2.33 bits per heavy atom. The third-order valence-electron chi connectivity index (χ3n) is 2.40. The molecule has 0 fully saturated rings. The molecule has 0 aliphatic rings. The van der Waals surface area contributed by atoms with Crippen molar-refractivity contribution >= 4 is 11.6 Å². The first kappa shape index (κ1) is 11.7. The summed E-state index contributed by atoms with van der Waals surface area (Å²) in [5.41, 5.74) is 11.7. The average molecular weight is 207 g/mol. The Balaban J connectivity index is 2.88. The van der Waals surface area contributed by atoms with Crippen molar-refractivity contribution in [2.24, 2.45) is 11.7 Å². The van der Waals surface area contributed by atoms with Crippen LogP contribution in [0.4, 0.5) is 5.82 Å². The Hall–Kier alpha value is -1.42. The zero-order valence-electron chi connectivity index (χ0n) is 8.94. The molecule has 0 aliphatic carbocycles. The highest BCUT2D eigenvalue weighted by molar-refractivity contribution is 6.01. The molecule has 0 saturated carbocycles. The molecule has 0 aliphatic heterocycles. The highest BCUT2D eigenvalue weighted by Crippen LogP contribution is 2.16. The van der Waals surface area contributed by atoms with Crippen molar-refractivity contribution in [3.05, 3.63) is 23.9 Å². The predicted molar refractivity (Wildman–Crippen MR) is 60.4 cm³/mol. The molecule has 1 aromatic heterocycles. The lowest BCUT2D eigenvalue weighted by Gasteiger charge is -2.12. The minimum atomic E-state index is -0.138. The zero-order valence-corrected chi connectivity index (χ0v) is 8.94. The molecular formula is C11H17N3O. The maximum absolute atomic E-state index is 12.0. The second-order valence-electron chi connectivity index (χ2n) is 3.52. The van der Waals surface area contributed by atoms with Crippen LogP contribution in [0.2, 0.25) is 0 Å². The molecule has 4 heteroatoms. The summed E-state index contributed by atoms with van der Waals surface area (Å²) in [6.07, 6.45) is 3.31. The van der Waals surface area contributed by atoms with Gasteiger partial charge in [0.25, 0.3) is 0 Å². The van der Waals surface area contributed by atoms with Crippen LogP contribution in [0.25, 0.3) is 0 Å². The third-order valence-corrected chi connectivity index (χ3v) is 2.40. The van der Waals surface area contributed by atoms with Gasteiger partial charge in [-0.25, -0.2) is 4.98 Å². The van der Waals surface area contributed by atoms with Gasteiger partial charge in [0, 0.05) is 18.7 Å². The quantitative estimate of drug-likeness (QED) is 0.711. The van der Waals surface area contributed by atoms with E-state index in [4.69, 9.17) is 11.5 Å². The van der Waals surface area contributed by atoms with Gasteiger partial charge in [-0.15, -0.1) is 0 Å². The van der Waals surface area contributed by atoms with E-state index < -0.39 is 0 Å². The predicted octanol–water partition coefficient (Wildman–Crippen LogP) is 1.22. The lowest BCUT2D eigenvalue weighted by molar-refractivity contribution is 0.0918. The topological polar surface area (TPSA) is 82.0 Å². The standard InChI is InChI=1S/C11H17N3O/c1-2-4-8(7-12)10(15)9-5-3-6-14-11(9)13/h3,5-6,8H,2,4,7,12H2,1H3,(H2,13,14). The van der Waals surface area contributed by atoms with E-state index >= 15 is 0 Å². The van der Waals surface area contributed by atoms with Gasteiger partial charge in [-0.3, -0.25) is 4.79 Å². The number of Topliss-reactive ketones (excluding diaryl/α,β-unsaturated/α-hetero) is 1. The Morgan fingerprint density at radius 3 is 2.87 bits per heavy atom. The Morgan fingerprint density at radius 1 is 1.60 bits per heavy atom. The van der Waals surface area contributed by atoms with Gasteiger partial charge in [-0.1, -0.05) is 13.3 Å². The van der Waals surface area contributed by atoms with Crippen molar-refractivity contribution in [3.63, 3.8) is 0 Å². The van der Waals surface area contributed by atoms with Crippen molar-refractivity contribution in [1.29, 1.82) is 0 Å². The molecule has 4 N–H and O–H groups in total. The first-order valence-electron chi connectivity index (χ1n) is 5.15. The van der Waals surface area contributed by atoms with Crippen LogP contribution in [0.1, 0.15) is 30.1 Å². The van der Waals surface area contributed by atoms with Gasteiger partial charge in [-0.05, 0) is 18.6 Å². The first-order chi connectivity index (χ1) is 7.20. The van der Waals surface area contributed by atoms with Gasteiger partial charge in [0.2, 0.25) is 0 Å². The van der Waals surface area contributed by atoms with Gasteiger partial charge < -0.3 is 11.5 Å². The Labute approximate surface area is 89.7 Å². The number of nitrogen functional groups attached to an aromatic ring is 1. The molecule has 1 heterocycles. The molecular weight excluding hydrogens is 190 g/mol. The highest BCUT2D eigenvalue weighted by Gasteiger charge is 2.19. The minimum Gasteiger partial charge on any atom is -0.383 e. The smallest absolute Gasteiger partial charge is 0.170 e. The summed E-state index contributed by atoms with van der Waals surface area (Å²) in [5, 5.41) is 0. The lowest BCUT2D eigenvalue weighted by Crippen LogP contribution is -2.24. The number of hydrogen-bond acceptors (Lipinski definition) is 4. The molecule has 0 amide bonds. The maximum Gasteiger partial charge on any atom is 0.170 e. The number of carbonyl (C=O) groups is 1. The Bertz CT molecular complexity index is 338. The summed E-state index contributed by atoms with van der Waals surface area (Å²) in [5.74, 6) is 0.156. The first-order valence-corrected chi connectivity index (χ1v) is 5.15. The van der Waals surface area contributed by atoms with E-state index in [0.717, 1.165) is 12.8 Å². The van der Waals surface area contributed by atoms with Gasteiger partial charge in [-0.2, -0.15) is 0 Å². The summed E-state index contributed by atoms with van der Waals surface area (Å²) in [6.45, 7) is 2.39. The molecule has 0 saturated heterocycles. The minimum absolute atomic E-state index is 0.00458.